The second-order valence-electron chi connectivity index (χ2n) is 5.81. The molecule has 1 heterocycles. The minimum Gasteiger partial charge on any atom is -0.474 e. The molecule has 1 aliphatic rings. The van der Waals surface area contributed by atoms with E-state index >= 15 is 0 Å². The molecule has 1 aliphatic carbocycles. The summed E-state index contributed by atoms with van der Waals surface area (Å²) in [5.41, 5.74) is 1.29. The second-order valence-corrected chi connectivity index (χ2v) is 5.81. The standard InChI is InChI=1S/C15H24N2O/c1-10(2)12-5-6-16-15(7-12)18-14-8-13(9-14)17-11(3)4/h5-7,10-11,13-14,17H,8-9H2,1-4H3/t13-,14+. The van der Waals surface area contributed by atoms with Crippen molar-refractivity contribution in [2.75, 3.05) is 0 Å². The lowest BCUT2D eigenvalue weighted by Gasteiger charge is -2.36. The number of nitrogens with zero attached hydrogens (tertiary/aromatic N) is 1. The van der Waals surface area contributed by atoms with Crippen LogP contribution in [0.2, 0.25) is 0 Å². The molecule has 1 aromatic heterocycles. The smallest absolute Gasteiger partial charge is 0.213 e. The first-order valence-electron chi connectivity index (χ1n) is 6.93. The molecule has 0 aliphatic heterocycles. The van der Waals surface area contributed by atoms with Crippen molar-refractivity contribution in [1.29, 1.82) is 0 Å². The molecule has 0 atom stereocenters. The zero-order valence-corrected chi connectivity index (χ0v) is 11.8. The van der Waals surface area contributed by atoms with Crippen molar-refractivity contribution in [1.82, 2.24) is 10.3 Å². The lowest BCUT2D eigenvalue weighted by Crippen LogP contribution is -2.49. The molecule has 0 radical (unpaired) electrons. The van der Waals surface area contributed by atoms with Gasteiger partial charge in [-0.05, 0) is 30.4 Å². The van der Waals surface area contributed by atoms with Gasteiger partial charge in [0.15, 0.2) is 0 Å². The maximum atomic E-state index is 5.90. The zero-order chi connectivity index (χ0) is 13.1. The van der Waals surface area contributed by atoms with Crippen molar-refractivity contribution in [3.63, 3.8) is 0 Å². The monoisotopic (exact) mass is 248 g/mol. The molecule has 100 valence electrons. The Morgan fingerprint density at radius 1 is 1.28 bits per heavy atom. The third-order valence-electron chi connectivity index (χ3n) is 3.38. The van der Waals surface area contributed by atoms with Crippen LogP contribution in [0.15, 0.2) is 18.3 Å². The molecule has 3 heteroatoms. The van der Waals surface area contributed by atoms with E-state index in [4.69, 9.17) is 4.74 Å². The van der Waals surface area contributed by atoms with Gasteiger partial charge in [-0.3, -0.25) is 0 Å². The van der Waals surface area contributed by atoms with E-state index in [2.05, 4.69) is 50.1 Å². The molecule has 0 aromatic carbocycles. The Morgan fingerprint density at radius 2 is 2.00 bits per heavy atom. The molecule has 0 unspecified atom stereocenters. The molecule has 1 aromatic rings. The molecule has 0 saturated heterocycles. The molecule has 1 fully saturated rings. The van der Waals surface area contributed by atoms with Crippen LogP contribution in [0.25, 0.3) is 0 Å². The number of pyridine rings is 1. The number of hydrogen-bond donors (Lipinski definition) is 1. The minimum absolute atomic E-state index is 0.330. The van der Waals surface area contributed by atoms with E-state index in [1.165, 1.54) is 5.56 Å². The molecule has 0 bridgehead atoms. The maximum Gasteiger partial charge on any atom is 0.213 e. The van der Waals surface area contributed by atoms with E-state index in [0.29, 0.717) is 24.1 Å². The summed E-state index contributed by atoms with van der Waals surface area (Å²) in [6.07, 6.45) is 4.35. The predicted octanol–water partition coefficient (Wildman–Crippen LogP) is 3.11. The fraction of sp³-hybridized carbons (Fsp3) is 0.667. The average molecular weight is 248 g/mol. The van der Waals surface area contributed by atoms with E-state index < -0.39 is 0 Å². The van der Waals surface area contributed by atoms with Gasteiger partial charge in [-0.15, -0.1) is 0 Å². The third kappa shape index (κ3) is 3.45. The van der Waals surface area contributed by atoms with Crippen LogP contribution in [-0.4, -0.2) is 23.2 Å². The number of hydrogen-bond acceptors (Lipinski definition) is 3. The van der Waals surface area contributed by atoms with E-state index in [-0.39, 0.29) is 0 Å². The highest BCUT2D eigenvalue weighted by Gasteiger charge is 2.31. The molecule has 18 heavy (non-hydrogen) atoms. The Labute approximate surface area is 110 Å². The molecule has 0 spiro atoms. The van der Waals surface area contributed by atoms with Gasteiger partial charge in [-0.25, -0.2) is 4.98 Å². The van der Waals surface area contributed by atoms with Crippen LogP contribution >= 0.6 is 0 Å². The van der Waals surface area contributed by atoms with Crippen molar-refractivity contribution >= 4 is 0 Å². The highest BCUT2D eigenvalue weighted by Crippen LogP contribution is 2.26. The van der Waals surface area contributed by atoms with E-state index in [1.807, 2.05) is 6.20 Å². The van der Waals surface area contributed by atoms with Gasteiger partial charge in [-0.2, -0.15) is 0 Å². The molecule has 2 rings (SSSR count). The van der Waals surface area contributed by atoms with E-state index in [1.54, 1.807) is 0 Å². The summed E-state index contributed by atoms with van der Waals surface area (Å²) >= 11 is 0. The summed E-state index contributed by atoms with van der Waals surface area (Å²) in [5, 5.41) is 3.52. The minimum atomic E-state index is 0.330. The van der Waals surface area contributed by atoms with Crippen molar-refractivity contribution in [3.8, 4) is 5.88 Å². The van der Waals surface area contributed by atoms with E-state index in [0.717, 1.165) is 18.7 Å². The number of rotatable bonds is 5. The average Bonchev–Trinajstić information content (AvgIpc) is 2.26. The maximum absolute atomic E-state index is 5.90. The first-order valence-corrected chi connectivity index (χ1v) is 6.93. The number of nitrogens with one attached hydrogen (secondary N) is 1. The summed E-state index contributed by atoms with van der Waals surface area (Å²) in [6, 6.07) is 5.29. The highest BCUT2D eigenvalue weighted by molar-refractivity contribution is 5.23. The van der Waals surface area contributed by atoms with Gasteiger partial charge in [0.2, 0.25) is 5.88 Å². The summed E-state index contributed by atoms with van der Waals surface area (Å²) in [6.45, 7) is 8.74. The first kappa shape index (κ1) is 13.3. The van der Waals surface area contributed by atoms with Crippen molar-refractivity contribution in [3.05, 3.63) is 23.9 Å². The predicted molar refractivity (Wildman–Crippen MR) is 74.0 cm³/mol. The molecule has 1 saturated carbocycles. The highest BCUT2D eigenvalue weighted by atomic mass is 16.5. The molecule has 1 N–H and O–H groups in total. The van der Waals surface area contributed by atoms with Crippen LogP contribution in [0.3, 0.4) is 0 Å². The van der Waals surface area contributed by atoms with Crippen LogP contribution in [0, 0.1) is 0 Å². The summed E-state index contributed by atoms with van der Waals surface area (Å²) in [5.74, 6) is 1.29. The topological polar surface area (TPSA) is 34.1 Å². The van der Waals surface area contributed by atoms with Gasteiger partial charge in [0.1, 0.15) is 6.10 Å². The van der Waals surface area contributed by atoms with Gasteiger partial charge in [-0.1, -0.05) is 27.7 Å². The number of ether oxygens (including phenoxy) is 1. The lowest BCUT2D eigenvalue weighted by atomic mass is 9.89. The van der Waals surface area contributed by atoms with Crippen LogP contribution in [-0.2, 0) is 0 Å². The zero-order valence-electron chi connectivity index (χ0n) is 11.8. The van der Waals surface area contributed by atoms with Crippen LogP contribution < -0.4 is 10.1 Å². The van der Waals surface area contributed by atoms with Gasteiger partial charge >= 0.3 is 0 Å². The Balaban J connectivity index is 1.83. The molecule has 3 nitrogen and oxygen atoms in total. The summed E-state index contributed by atoms with van der Waals surface area (Å²) in [7, 11) is 0. The first-order chi connectivity index (χ1) is 8.54. The molecule has 0 amide bonds. The summed E-state index contributed by atoms with van der Waals surface area (Å²) < 4.78 is 5.90. The fourth-order valence-corrected chi connectivity index (χ4v) is 2.29. The van der Waals surface area contributed by atoms with Gasteiger partial charge in [0, 0.05) is 24.3 Å². The quantitative estimate of drug-likeness (QED) is 0.869. The van der Waals surface area contributed by atoms with Gasteiger partial charge in [0.25, 0.3) is 0 Å². The van der Waals surface area contributed by atoms with Gasteiger partial charge in [0.05, 0.1) is 0 Å². The van der Waals surface area contributed by atoms with Crippen molar-refractivity contribution in [2.24, 2.45) is 0 Å². The Kier molecular flexibility index (Phi) is 4.23. The van der Waals surface area contributed by atoms with Crippen LogP contribution in [0.1, 0.15) is 52.0 Å². The Hall–Kier alpha value is -1.09. The molecular weight excluding hydrogens is 224 g/mol. The van der Waals surface area contributed by atoms with E-state index in [9.17, 15) is 0 Å². The largest absolute Gasteiger partial charge is 0.474 e. The second kappa shape index (κ2) is 5.70. The summed E-state index contributed by atoms with van der Waals surface area (Å²) in [4.78, 5) is 4.29. The number of aromatic nitrogens is 1. The van der Waals surface area contributed by atoms with Crippen molar-refractivity contribution in [2.45, 2.75) is 64.6 Å². The molecular formula is C15H24N2O. The Bertz CT molecular complexity index is 384. The van der Waals surface area contributed by atoms with Crippen LogP contribution in [0.4, 0.5) is 0 Å². The lowest BCUT2D eigenvalue weighted by molar-refractivity contribution is 0.0771. The SMILES string of the molecule is CC(C)N[C@H]1C[C@@H](Oc2cc(C(C)C)ccn2)C1. The normalized spacial score (nSPS) is 23.2. The van der Waals surface area contributed by atoms with Crippen molar-refractivity contribution < 1.29 is 4.74 Å². The van der Waals surface area contributed by atoms with Gasteiger partial charge < -0.3 is 10.1 Å². The fourth-order valence-electron chi connectivity index (χ4n) is 2.29. The third-order valence-corrected chi connectivity index (χ3v) is 3.38. The van der Waals surface area contributed by atoms with Crippen LogP contribution in [0.5, 0.6) is 5.88 Å². The Morgan fingerprint density at radius 3 is 2.61 bits per heavy atom.